The minimum absolute atomic E-state index is 0.119. The van der Waals surface area contributed by atoms with Crippen LogP contribution in [0, 0.1) is 0 Å². The van der Waals surface area contributed by atoms with E-state index in [1.165, 1.54) is 10.7 Å². The van der Waals surface area contributed by atoms with Crippen LogP contribution in [0.3, 0.4) is 0 Å². The molecule has 0 fully saturated rings. The highest BCUT2D eigenvalue weighted by Crippen LogP contribution is 2.19. The van der Waals surface area contributed by atoms with Crippen molar-refractivity contribution in [1.82, 2.24) is 9.78 Å². The van der Waals surface area contributed by atoms with Gasteiger partial charge in [0, 0.05) is 23.9 Å². The molecule has 1 aromatic heterocycles. The monoisotopic (exact) mass is 363 g/mol. The molecule has 0 bridgehead atoms. The van der Waals surface area contributed by atoms with E-state index in [9.17, 15) is 9.59 Å². The lowest BCUT2D eigenvalue weighted by Crippen LogP contribution is -2.37. The molecular weight excluding hydrogens is 342 g/mol. The molecular formula is C21H21N3O3. The molecule has 0 N–H and O–H groups in total. The number of aromatic nitrogens is 2. The van der Waals surface area contributed by atoms with E-state index >= 15 is 0 Å². The summed E-state index contributed by atoms with van der Waals surface area (Å²) in [5.74, 6) is 0.550. The minimum atomic E-state index is -0.315. The fourth-order valence-electron chi connectivity index (χ4n) is 2.80. The molecule has 27 heavy (non-hydrogen) atoms. The first kappa shape index (κ1) is 18.4. The molecule has 3 aromatic rings. The molecule has 1 heterocycles. The number of likely N-dealkylation sites (N-methyl/N-ethyl adjacent to an activating group) is 1. The first-order valence-corrected chi connectivity index (χ1v) is 8.70. The first-order chi connectivity index (χ1) is 13.1. The minimum Gasteiger partial charge on any atom is -0.497 e. The van der Waals surface area contributed by atoms with Gasteiger partial charge < -0.3 is 9.64 Å². The van der Waals surface area contributed by atoms with Gasteiger partial charge in [0.05, 0.1) is 12.8 Å². The van der Waals surface area contributed by atoms with E-state index in [0.29, 0.717) is 12.2 Å². The van der Waals surface area contributed by atoms with Crippen molar-refractivity contribution in [3.63, 3.8) is 0 Å². The van der Waals surface area contributed by atoms with E-state index in [2.05, 4.69) is 5.10 Å². The Morgan fingerprint density at radius 2 is 1.74 bits per heavy atom. The molecule has 0 spiro atoms. The molecule has 138 valence electrons. The van der Waals surface area contributed by atoms with Crippen molar-refractivity contribution in [3.8, 4) is 17.0 Å². The summed E-state index contributed by atoms with van der Waals surface area (Å²) in [6.45, 7) is 2.29. The van der Waals surface area contributed by atoms with Gasteiger partial charge in [-0.25, -0.2) is 4.68 Å². The maximum Gasteiger partial charge on any atom is 0.267 e. The second-order valence-electron chi connectivity index (χ2n) is 5.92. The van der Waals surface area contributed by atoms with Crippen molar-refractivity contribution in [2.45, 2.75) is 13.5 Å². The summed E-state index contributed by atoms with van der Waals surface area (Å²) < 4.78 is 6.36. The van der Waals surface area contributed by atoms with E-state index in [-0.39, 0.29) is 18.0 Å². The zero-order valence-electron chi connectivity index (χ0n) is 15.3. The average Bonchev–Trinajstić information content (AvgIpc) is 2.71. The Morgan fingerprint density at radius 3 is 2.37 bits per heavy atom. The van der Waals surface area contributed by atoms with Gasteiger partial charge in [0.1, 0.15) is 12.3 Å². The summed E-state index contributed by atoms with van der Waals surface area (Å²) in [5, 5.41) is 4.36. The predicted octanol–water partition coefficient (Wildman–Crippen LogP) is 2.97. The standard InChI is InChI=1S/C21H21N3O3/c1-3-23(17-7-5-4-6-8-17)21(26)15-24-20(25)14-13-19(22-24)16-9-11-18(27-2)12-10-16/h4-14H,3,15H2,1-2H3. The summed E-state index contributed by atoms with van der Waals surface area (Å²) in [6, 6.07) is 19.8. The molecule has 6 heteroatoms. The van der Waals surface area contributed by atoms with Gasteiger partial charge in [0.15, 0.2) is 0 Å². The van der Waals surface area contributed by atoms with Crippen LogP contribution in [-0.2, 0) is 11.3 Å². The van der Waals surface area contributed by atoms with Crippen molar-refractivity contribution >= 4 is 11.6 Å². The van der Waals surface area contributed by atoms with E-state index in [0.717, 1.165) is 17.0 Å². The summed E-state index contributed by atoms with van der Waals surface area (Å²) in [7, 11) is 1.60. The summed E-state index contributed by atoms with van der Waals surface area (Å²) in [4.78, 5) is 26.6. The number of nitrogens with zero attached hydrogens (tertiary/aromatic N) is 3. The fraction of sp³-hybridized carbons (Fsp3) is 0.190. The van der Waals surface area contributed by atoms with Crippen LogP contribution in [0.4, 0.5) is 5.69 Å². The molecule has 0 unspecified atom stereocenters. The largest absolute Gasteiger partial charge is 0.497 e. The van der Waals surface area contributed by atoms with Gasteiger partial charge in [0.25, 0.3) is 5.56 Å². The summed E-state index contributed by atoms with van der Waals surface area (Å²) in [6.07, 6.45) is 0. The normalized spacial score (nSPS) is 10.4. The number of rotatable bonds is 6. The lowest BCUT2D eigenvalue weighted by Gasteiger charge is -2.21. The number of methoxy groups -OCH3 is 1. The summed E-state index contributed by atoms with van der Waals surface area (Å²) in [5.41, 5.74) is 1.94. The molecule has 0 radical (unpaired) electrons. The number of amides is 1. The third kappa shape index (κ3) is 4.23. The highest BCUT2D eigenvalue weighted by molar-refractivity contribution is 5.93. The van der Waals surface area contributed by atoms with Gasteiger partial charge in [0.2, 0.25) is 5.91 Å². The van der Waals surface area contributed by atoms with Crippen molar-refractivity contribution in [3.05, 3.63) is 77.1 Å². The molecule has 1 amide bonds. The van der Waals surface area contributed by atoms with Gasteiger partial charge in [-0.1, -0.05) is 18.2 Å². The molecule has 0 aliphatic heterocycles. The number of benzene rings is 2. The number of anilines is 1. The second-order valence-corrected chi connectivity index (χ2v) is 5.92. The van der Waals surface area contributed by atoms with Crippen molar-refractivity contribution < 1.29 is 9.53 Å². The van der Waals surface area contributed by atoms with Crippen LogP contribution in [0.5, 0.6) is 5.75 Å². The van der Waals surface area contributed by atoms with Crippen LogP contribution < -0.4 is 15.2 Å². The maximum atomic E-state index is 12.7. The fourth-order valence-corrected chi connectivity index (χ4v) is 2.80. The van der Waals surface area contributed by atoms with Crippen LogP contribution in [0.25, 0.3) is 11.3 Å². The van der Waals surface area contributed by atoms with Gasteiger partial charge in [-0.3, -0.25) is 9.59 Å². The highest BCUT2D eigenvalue weighted by atomic mass is 16.5. The number of ether oxygens (including phenoxy) is 1. The Bertz CT molecular complexity index is 966. The van der Waals surface area contributed by atoms with E-state index in [4.69, 9.17) is 4.74 Å². The van der Waals surface area contributed by atoms with Crippen LogP contribution in [-0.4, -0.2) is 29.3 Å². The number of para-hydroxylation sites is 1. The number of hydrogen-bond donors (Lipinski definition) is 0. The Labute approximate surface area is 157 Å². The smallest absolute Gasteiger partial charge is 0.267 e. The van der Waals surface area contributed by atoms with Gasteiger partial charge in [-0.2, -0.15) is 5.10 Å². The first-order valence-electron chi connectivity index (χ1n) is 8.70. The zero-order valence-corrected chi connectivity index (χ0v) is 15.3. The van der Waals surface area contributed by atoms with Crippen LogP contribution >= 0.6 is 0 Å². The van der Waals surface area contributed by atoms with Gasteiger partial charge in [-0.15, -0.1) is 0 Å². The Kier molecular flexibility index (Phi) is 5.66. The lowest BCUT2D eigenvalue weighted by molar-refractivity contribution is -0.119. The van der Waals surface area contributed by atoms with Gasteiger partial charge in [-0.05, 0) is 49.4 Å². The quantitative estimate of drug-likeness (QED) is 0.675. The van der Waals surface area contributed by atoms with E-state index in [1.807, 2.05) is 61.5 Å². The topological polar surface area (TPSA) is 64.4 Å². The zero-order chi connectivity index (χ0) is 19.2. The lowest BCUT2D eigenvalue weighted by atomic mass is 10.1. The third-order valence-electron chi connectivity index (χ3n) is 4.22. The molecule has 3 rings (SSSR count). The van der Waals surface area contributed by atoms with Crippen LogP contribution in [0.1, 0.15) is 6.92 Å². The van der Waals surface area contributed by atoms with E-state index < -0.39 is 0 Å². The second kappa shape index (κ2) is 8.31. The highest BCUT2D eigenvalue weighted by Gasteiger charge is 2.16. The van der Waals surface area contributed by atoms with Crippen molar-refractivity contribution in [2.24, 2.45) is 0 Å². The number of hydrogen-bond acceptors (Lipinski definition) is 4. The Morgan fingerprint density at radius 1 is 1.04 bits per heavy atom. The molecule has 0 saturated heterocycles. The Hall–Kier alpha value is -3.41. The van der Waals surface area contributed by atoms with E-state index in [1.54, 1.807) is 18.1 Å². The SMILES string of the molecule is CCN(C(=O)Cn1nc(-c2ccc(OC)cc2)ccc1=O)c1ccccc1. The molecule has 0 aliphatic carbocycles. The van der Waals surface area contributed by atoms with Crippen LogP contribution in [0.15, 0.2) is 71.5 Å². The Balaban J connectivity index is 1.85. The number of carbonyl (C=O) groups excluding carboxylic acids is 1. The molecule has 6 nitrogen and oxygen atoms in total. The average molecular weight is 363 g/mol. The van der Waals surface area contributed by atoms with Gasteiger partial charge >= 0.3 is 0 Å². The predicted molar refractivity (Wildman–Crippen MR) is 105 cm³/mol. The third-order valence-corrected chi connectivity index (χ3v) is 4.22. The summed E-state index contributed by atoms with van der Waals surface area (Å²) >= 11 is 0. The number of carbonyl (C=O) groups is 1. The molecule has 0 saturated carbocycles. The maximum absolute atomic E-state index is 12.7. The molecule has 0 aliphatic rings. The van der Waals surface area contributed by atoms with Crippen molar-refractivity contribution in [1.29, 1.82) is 0 Å². The van der Waals surface area contributed by atoms with Crippen LogP contribution in [0.2, 0.25) is 0 Å². The molecule has 0 atom stereocenters. The molecule has 2 aromatic carbocycles. The van der Waals surface area contributed by atoms with Crippen molar-refractivity contribution in [2.75, 3.05) is 18.6 Å².